The molecule has 2 aromatic rings. The molecule has 100 valence electrons. The van der Waals surface area contributed by atoms with Crippen LogP contribution in [0.5, 0.6) is 0 Å². The number of aromatic nitrogens is 4. The quantitative estimate of drug-likeness (QED) is 0.452. The van der Waals surface area contributed by atoms with Crippen LogP contribution in [0.2, 0.25) is 0 Å². The van der Waals surface area contributed by atoms with Crippen LogP contribution in [0.15, 0.2) is 9.59 Å². The minimum atomic E-state index is -0.755. The SMILES string of the molecule is O=c1n(CO)c2c(n1CO)n(CO)c(=O)n2CO. The normalized spacial score (nSPS) is 11.6. The van der Waals surface area contributed by atoms with Crippen molar-refractivity contribution >= 4 is 11.3 Å². The van der Waals surface area contributed by atoms with Gasteiger partial charge in [-0.3, -0.25) is 18.3 Å². The van der Waals surface area contributed by atoms with Crippen molar-refractivity contribution in [3.05, 3.63) is 21.0 Å². The fraction of sp³-hybridized carbons (Fsp3) is 0.500. The first-order valence-corrected chi connectivity index (χ1v) is 4.98. The first-order valence-electron chi connectivity index (χ1n) is 4.98. The first-order chi connectivity index (χ1) is 8.62. The molecule has 0 saturated carbocycles. The lowest BCUT2D eigenvalue weighted by Gasteiger charge is -2.00. The third-order valence-corrected chi connectivity index (χ3v) is 2.71. The lowest BCUT2D eigenvalue weighted by molar-refractivity contribution is 0.174. The van der Waals surface area contributed by atoms with Crippen molar-refractivity contribution in [3.8, 4) is 0 Å². The van der Waals surface area contributed by atoms with E-state index >= 15 is 0 Å². The standard InChI is InChI=1S/C8H12N4O6/c13-1-9-5-6(11(3-15)7(9)17)12(4-16)8(18)10(5)2-14/h13-16H,1-4H2. The van der Waals surface area contributed by atoms with Gasteiger partial charge < -0.3 is 20.4 Å². The second-order valence-corrected chi connectivity index (χ2v) is 3.49. The molecule has 0 spiro atoms. The minimum absolute atomic E-state index is 0.0712. The molecule has 0 aliphatic heterocycles. The Labute approximate surface area is 98.8 Å². The molecular formula is C8H12N4O6. The summed E-state index contributed by atoms with van der Waals surface area (Å²) in [7, 11) is 0. The van der Waals surface area contributed by atoms with E-state index in [0.717, 1.165) is 18.3 Å². The van der Waals surface area contributed by atoms with Crippen LogP contribution in [0.1, 0.15) is 0 Å². The van der Waals surface area contributed by atoms with E-state index in [9.17, 15) is 9.59 Å². The van der Waals surface area contributed by atoms with E-state index in [0.29, 0.717) is 0 Å². The van der Waals surface area contributed by atoms with Gasteiger partial charge in [0, 0.05) is 0 Å². The van der Waals surface area contributed by atoms with Gasteiger partial charge in [0.15, 0.2) is 11.3 Å². The molecule has 0 aliphatic rings. The van der Waals surface area contributed by atoms with Gasteiger partial charge in [-0.25, -0.2) is 9.59 Å². The fourth-order valence-electron chi connectivity index (χ4n) is 1.94. The van der Waals surface area contributed by atoms with Crippen LogP contribution in [0, 0.1) is 0 Å². The molecule has 4 N–H and O–H groups in total. The molecule has 2 rings (SSSR count). The van der Waals surface area contributed by atoms with Gasteiger partial charge in [0.25, 0.3) is 0 Å². The maximum atomic E-state index is 11.8. The fourth-order valence-corrected chi connectivity index (χ4v) is 1.94. The van der Waals surface area contributed by atoms with Crippen LogP contribution in [0.4, 0.5) is 0 Å². The van der Waals surface area contributed by atoms with Gasteiger partial charge in [-0.1, -0.05) is 0 Å². The van der Waals surface area contributed by atoms with E-state index in [2.05, 4.69) is 0 Å². The zero-order valence-electron chi connectivity index (χ0n) is 9.22. The summed E-state index contributed by atoms with van der Waals surface area (Å²) in [5.74, 6) is 0. The molecule has 10 heteroatoms. The van der Waals surface area contributed by atoms with E-state index < -0.39 is 38.3 Å². The molecule has 0 aromatic carbocycles. The third kappa shape index (κ3) is 1.37. The lowest BCUT2D eigenvalue weighted by Crippen LogP contribution is -2.31. The first kappa shape index (κ1) is 12.6. The van der Waals surface area contributed by atoms with Crippen molar-refractivity contribution in [1.29, 1.82) is 0 Å². The molecule has 0 aliphatic carbocycles. The average molecular weight is 260 g/mol. The van der Waals surface area contributed by atoms with Crippen LogP contribution < -0.4 is 11.4 Å². The highest BCUT2D eigenvalue weighted by Gasteiger charge is 2.22. The number of rotatable bonds is 4. The van der Waals surface area contributed by atoms with Crippen LogP contribution in [-0.4, -0.2) is 38.7 Å². The summed E-state index contributed by atoms with van der Waals surface area (Å²) in [6, 6.07) is 0. The minimum Gasteiger partial charge on any atom is -0.376 e. The molecule has 0 atom stereocenters. The number of nitrogens with zero attached hydrogens (tertiary/aromatic N) is 4. The number of aliphatic hydroxyl groups is 4. The summed E-state index contributed by atoms with van der Waals surface area (Å²) in [5, 5.41) is 36.5. The van der Waals surface area contributed by atoms with Crippen LogP contribution >= 0.6 is 0 Å². The van der Waals surface area contributed by atoms with Crippen LogP contribution in [0.25, 0.3) is 11.3 Å². The lowest BCUT2D eigenvalue weighted by atomic mass is 10.7. The van der Waals surface area contributed by atoms with Crippen molar-refractivity contribution in [2.24, 2.45) is 0 Å². The average Bonchev–Trinajstić information content (AvgIpc) is 2.78. The van der Waals surface area contributed by atoms with Gasteiger partial charge in [-0.2, -0.15) is 0 Å². The van der Waals surface area contributed by atoms with Crippen molar-refractivity contribution in [2.75, 3.05) is 0 Å². The van der Waals surface area contributed by atoms with E-state index in [4.69, 9.17) is 20.4 Å². The van der Waals surface area contributed by atoms with Crippen LogP contribution in [-0.2, 0) is 26.9 Å². The third-order valence-electron chi connectivity index (χ3n) is 2.71. The van der Waals surface area contributed by atoms with Gasteiger partial charge in [0.2, 0.25) is 0 Å². The molecule has 0 unspecified atom stereocenters. The number of imidazole rings is 2. The van der Waals surface area contributed by atoms with Crippen molar-refractivity contribution in [2.45, 2.75) is 26.9 Å². The highest BCUT2D eigenvalue weighted by Crippen LogP contribution is 2.11. The Balaban J connectivity index is 3.08. The van der Waals surface area contributed by atoms with E-state index in [1.807, 2.05) is 0 Å². The second-order valence-electron chi connectivity index (χ2n) is 3.49. The Morgan fingerprint density at radius 3 is 1.00 bits per heavy atom. The summed E-state index contributed by atoms with van der Waals surface area (Å²) < 4.78 is 3.20. The Hall–Kier alpha value is -1.88. The molecular weight excluding hydrogens is 248 g/mol. The molecule has 0 bridgehead atoms. The summed E-state index contributed by atoms with van der Waals surface area (Å²) in [5.41, 5.74) is -1.65. The Kier molecular flexibility index (Phi) is 3.09. The molecule has 0 radical (unpaired) electrons. The van der Waals surface area contributed by atoms with Crippen LogP contribution in [0.3, 0.4) is 0 Å². The van der Waals surface area contributed by atoms with Crippen molar-refractivity contribution in [3.63, 3.8) is 0 Å². The topological polar surface area (TPSA) is 135 Å². The van der Waals surface area contributed by atoms with Gasteiger partial charge in [0.1, 0.15) is 26.9 Å². The number of hydrogen-bond acceptors (Lipinski definition) is 6. The Morgan fingerprint density at radius 1 is 0.611 bits per heavy atom. The maximum Gasteiger partial charge on any atom is 0.335 e. The number of aliphatic hydroxyl groups excluding tert-OH is 4. The smallest absolute Gasteiger partial charge is 0.335 e. The van der Waals surface area contributed by atoms with E-state index in [1.54, 1.807) is 0 Å². The van der Waals surface area contributed by atoms with Gasteiger partial charge >= 0.3 is 11.4 Å². The van der Waals surface area contributed by atoms with Gasteiger partial charge in [-0.15, -0.1) is 0 Å². The molecule has 0 fully saturated rings. The van der Waals surface area contributed by atoms with E-state index in [1.165, 1.54) is 0 Å². The maximum absolute atomic E-state index is 11.8. The number of hydrogen-bond donors (Lipinski definition) is 4. The summed E-state index contributed by atoms with van der Waals surface area (Å²) in [6.45, 7) is -2.90. The Morgan fingerprint density at radius 2 is 0.833 bits per heavy atom. The zero-order valence-corrected chi connectivity index (χ0v) is 9.22. The van der Waals surface area contributed by atoms with Gasteiger partial charge in [0.05, 0.1) is 0 Å². The highest BCUT2D eigenvalue weighted by atomic mass is 16.3. The second kappa shape index (κ2) is 4.42. The largest absolute Gasteiger partial charge is 0.376 e. The zero-order chi connectivity index (χ0) is 13.4. The molecule has 0 saturated heterocycles. The summed E-state index contributed by atoms with van der Waals surface area (Å²) in [6.07, 6.45) is 0. The predicted octanol–water partition coefficient (Wildman–Crippen LogP) is -3.43. The predicted molar refractivity (Wildman–Crippen MR) is 57.3 cm³/mol. The van der Waals surface area contributed by atoms with Gasteiger partial charge in [-0.05, 0) is 0 Å². The summed E-state index contributed by atoms with van der Waals surface area (Å²) in [4.78, 5) is 23.5. The highest BCUT2D eigenvalue weighted by molar-refractivity contribution is 5.68. The molecule has 2 heterocycles. The molecule has 0 amide bonds. The van der Waals surface area contributed by atoms with E-state index in [-0.39, 0.29) is 11.3 Å². The Bertz CT molecular complexity index is 580. The molecule has 2 aromatic heterocycles. The molecule has 18 heavy (non-hydrogen) atoms. The monoisotopic (exact) mass is 260 g/mol. The summed E-state index contributed by atoms with van der Waals surface area (Å²) >= 11 is 0. The number of fused-ring (bicyclic) bond motifs is 1. The van der Waals surface area contributed by atoms with Crippen molar-refractivity contribution in [1.82, 2.24) is 18.3 Å². The molecule has 10 nitrogen and oxygen atoms in total. The van der Waals surface area contributed by atoms with Crippen molar-refractivity contribution < 1.29 is 20.4 Å².